The van der Waals surface area contributed by atoms with Gasteiger partial charge in [-0.1, -0.05) is 13.5 Å². The number of cyclic esters (lactones) is 1. The molecule has 0 bridgehead atoms. The lowest BCUT2D eigenvalue weighted by Gasteiger charge is -2.56. The van der Waals surface area contributed by atoms with Crippen LogP contribution in [0.3, 0.4) is 0 Å². The van der Waals surface area contributed by atoms with Gasteiger partial charge in [-0.15, -0.1) is 0 Å². The second-order valence-corrected chi connectivity index (χ2v) is 7.87. The molecular formula is C20H24O5. The summed E-state index contributed by atoms with van der Waals surface area (Å²) >= 11 is 0. The highest BCUT2D eigenvalue weighted by Crippen LogP contribution is 2.63. The maximum Gasteiger partial charge on any atom is 0.313 e. The van der Waals surface area contributed by atoms with Crippen molar-refractivity contribution in [1.82, 2.24) is 0 Å². The second kappa shape index (κ2) is 5.48. The van der Waals surface area contributed by atoms with Crippen LogP contribution in [0.1, 0.15) is 57.6 Å². The van der Waals surface area contributed by atoms with Gasteiger partial charge in [0.25, 0.3) is 0 Å². The average molecular weight is 344 g/mol. The third-order valence-electron chi connectivity index (χ3n) is 6.74. The maximum atomic E-state index is 13.1. The first kappa shape index (κ1) is 16.4. The molecular weight excluding hydrogens is 320 g/mol. The summed E-state index contributed by atoms with van der Waals surface area (Å²) in [7, 11) is 0. The highest BCUT2D eigenvalue weighted by Gasteiger charge is 2.67. The summed E-state index contributed by atoms with van der Waals surface area (Å²) < 4.78 is 16.9. The molecule has 0 aromatic carbocycles. The zero-order valence-corrected chi connectivity index (χ0v) is 14.7. The fraction of sp³-hybridized carbons (Fsp3) is 0.600. The predicted octanol–water partition coefficient (Wildman–Crippen LogP) is 3.95. The minimum absolute atomic E-state index is 0.0802. The number of fused-ring (bicyclic) bond motifs is 2. The van der Waals surface area contributed by atoms with Crippen molar-refractivity contribution >= 4 is 11.9 Å². The molecule has 3 fully saturated rings. The molecule has 3 aliphatic rings. The zero-order valence-electron chi connectivity index (χ0n) is 14.7. The summed E-state index contributed by atoms with van der Waals surface area (Å²) in [6, 6.07) is 1.84. The normalized spacial score (nSPS) is 40.5. The number of hydrogen-bond acceptors (Lipinski definition) is 5. The van der Waals surface area contributed by atoms with E-state index in [0.717, 1.165) is 24.0 Å². The second-order valence-electron chi connectivity index (χ2n) is 7.87. The Kier molecular flexibility index (Phi) is 3.60. The van der Waals surface area contributed by atoms with Gasteiger partial charge in [-0.05, 0) is 43.7 Å². The van der Waals surface area contributed by atoms with Crippen molar-refractivity contribution in [3.63, 3.8) is 0 Å². The number of carbonyl (C=O) groups excluding carboxylic acids is 2. The quantitative estimate of drug-likeness (QED) is 0.600. The Morgan fingerprint density at radius 2 is 2.12 bits per heavy atom. The molecule has 134 valence electrons. The lowest BCUT2D eigenvalue weighted by Crippen LogP contribution is -2.60. The molecule has 5 nitrogen and oxygen atoms in total. The summed E-state index contributed by atoms with van der Waals surface area (Å²) in [4.78, 5) is 25.2. The van der Waals surface area contributed by atoms with Crippen molar-refractivity contribution in [2.75, 3.05) is 0 Å². The average Bonchev–Trinajstić information content (AvgIpc) is 3.20. The van der Waals surface area contributed by atoms with E-state index < -0.39 is 11.0 Å². The third-order valence-corrected chi connectivity index (χ3v) is 6.74. The van der Waals surface area contributed by atoms with Crippen molar-refractivity contribution in [1.29, 1.82) is 0 Å². The highest BCUT2D eigenvalue weighted by molar-refractivity contribution is 5.82. The Labute approximate surface area is 147 Å². The van der Waals surface area contributed by atoms with E-state index in [9.17, 15) is 9.59 Å². The van der Waals surface area contributed by atoms with Gasteiger partial charge >= 0.3 is 11.9 Å². The molecule has 2 saturated heterocycles. The molecule has 1 aromatic rings. The lowest BCUT2D eigenvalue weighted by molar-refractivity contribution is -0.199. The Bertz CT molecular complexity index is 720. The van der Waals surface area contributed by atoms with Crippen LogP contribution in [0.4, 0.5) is 0 Å². The summed E-state index contributed by atoms with van der Waals surface area (Å²) in [6.45, 7) is 8.15. The van der Waals surface area contributed by atoms with Crippen LogP contribution in [0.2, 0.25) is 0 Å². The molecule has 25 heavy (non-hydrogen) atoms. The van der Waals surface area contributed by atoms with Gasteiger partial charge in [0.15, 0.2) is 0 Å². The number of carbonyl (C=O) groups is 2. The number of furan rings is 1. The Balaban J connectivity index is 1.78. The minimum Gasteiger partial charge on any atom is -0.472 e. The van der Waals surface area contributed by atoms with Gasteiger partial charge in [0, 0.05) is 24.3 Å². The van der Waals surface area contributed by atoms with E-state index in [1.54, 1.807) is 12.5 Å². The van der Waals surface area contributed by atoms with Gasteiger partial charge in [0.05, 0.1) is 17.9 Å². The largest absolute Gasteiger partial charge is 0.472 e. The van der Waals surface area contributed by atoms with E-state index in [0.29, 0.717) is 19.3 Å². The molecule has 0 N–H and O–H groups in total. The van der Waals surface area contributed by atoms with Crippen LogP contribution >= 0.6 is 0 Å². The first-order valence-corrected chi connectivity index (χ1v) is 9.01. The van der Waals surface area contributed by atoms with Gasteiger partial charge in [-0.3, -0.25) is 9.59 Å². The Morgan fingerprint density at radius 3 is 2.80 bits per heavy atom. The molecule has 1 aliphatic carbocycles. The fourth-order valence-electron chi connectivity index (χ4n) is 5.35. The molecule has 1 aromatic heterocycles. The van der Waals surface area contributed by atoms with E-state index in [1.807, 2.05) is 13.0 Å². The van der Waals surface area contributed by atoms with Crippen molar-refractivity contribution < 1.29 is 23.5 Å². The van der Waals surface area contributed by atoms with Crippen molar-refractivity contribution in [2.24, 2.45) is 17.3 Å². The summed E-state index contributed by atoms with van der Waals surface area (Å²) in [5.74, 6) is -0.268. The predicted molar refractivity (Wildman–Crippen MR) is 89.4 cm³/mol. The van der Waals surface area contributed by atoms with E-state index in [-0.39, 0.29) is 29.9 Å². The SMILES string of the molecule is C=C(C)[C@]12CC[C@@H](C)[C@]3(C[C@@H](c4ccoc4)OC3=O)[C@H]1CCC(=O)O2. The molecule has 2 aliphatic heterocycles. The molecule has 1 saturated carbocycles. The van der Waals surface area contributed by atoms with E-state index in [2.05, 4.69) is 13.5 Å². The number of hydrogen-bond donors (Lipinski definition) is 0. The molecule has 5 atom stereocenters. The summed E-state index contributed by atoms with van der Waals surface area (Å²) in [5, 5.41) is 0. The van der Waals surface area contributed by atoms with E-state index in [4.69, 9.17) is 13.9 Å². The summed E-state index contributed by atoms with van der Waals surface area (Å²) in [6.07, 6.45) is 6.06. The van der Waals surface area contributed by atoms with Gasteiger partial charge in [-0.2, -0.15) is 0 Å². The van der Waals surface area contributed by atoms with E-state index in [1.165, 1.54) is 0 Å². The maximum absolute atomic E-state index is 13.1. The smallest absolute Gasteiger partial charge is 0.313 e. The fourth-order valence-corrected chi connectivity index (χ4v) is 5.35. The molecule has 4 rings (SSSR count). The molecule has 5 heteroatoms. The Hall–Kier alpha value is -2.04. The van der Waals surface area contributed by atoms with Gasteiger partial charge < -0.3 is 13.9 Å². The zero-order chi connectivity index (χ0) is 17.8. The van der Waals surface area contributed by atoms with Crippen LogP contribution in [-0.2, 0) is 19.1 Å². The van der Waals surface area contributed by atoms with Crippen LogP contribution in [0.25, 0.3) is 0 Å². The van der Waals surface area contributed by atoms with Crippen LogP contribution < -0.4 is 0 Å². The third kappa shape index (κ3) is 2.14. The first-order chi connectivity index (χ1) is 11.9. The van der Waals surface area contributed by atoms with Crippen LogP contribution in [0, 0.1) is 17.3 Å². The molecule has 0 unspecified atom stereocenters. The monoisotopic (exact) mass is 344 g/mol. The molecule has 1 spiro atoms. The standard InChI is InChI=1S/C20H24O5/c1-12(2)20-8-6-13(3)19(16(20)4-5-17(21)25-20)10-15(24-18(19)22)14-7-9-23-11-14/h7,9,11,13,15-16H,1,4-6,8,10H2,2-3H3/t13-,15+,16-,19-,20-/m1/s1. The summed E-state index contributed by atoms with van der Waals surface area (Å²) in [5.41, 5.74) is 0.333. The molecule has 0 amide bonds. The minimum atomic E-state index is -0.744. The first-order valence-electron chi connectivity index (χ1n) is 9.01. The van der Waals surface area contributed by atoms with Gasteiger partial charge in [-0.25, -0.2) is 0 Å². The van der Waals surface area contributed by atoms with E-state index >= 15 is 0 Å². The molecule has 0 radical (unpaired) electrons. The number of esters is 2. The van der Waals surface area contributed by atoms with Gasteiger partial charge in [0.2, 0.25) is 0 Å². The van der Waals surface area contributed by atoms with Crippen LogP contribution in [0.15, 0.2) is 35.2 Å². The Morgan fingerprint density at radius 1 is 1.32 bits per heavy atom. The number of rotatable bonds is 2. The van der Waals surface area contributed by atoms with Crippen molar-refractivity contribution in [3.05, 3.63) is 36.3 Å². The number of ether oxygens (including phenoxy) is 2. The van der Waals surface area contributed by atoms with Crippen LogP contribution in [-0.4, -0.2) is 17.5 Å². The highest BCUT2D eigenvalue weighted by atomic mass is 16.6. The van der Waals surface area contributed by atoms with Crippen molar-refractivity contribution in [3.8, 4) is 0 Å². The van der Waals surface area contributed by atoms with Gasteiger partial charge in [0.1, 0.15) is 11.7 Å². The molecule has 3 heterocycles. The topological polar surface area (TPSA) is 65.7 Å². The lowest BCUT2D eigenvalue weighted by atomic mass is 9.51. The van der Waals surface area contributed by atoms with Crippen molar-refractivity contribution in [2.45, 2.75) is 57.7 Å². The van der Waals surface area contributed by atoms with Crippen LogP contribution in [0.5, 0.6) is 0 Å².